The van der Waals surface area contributed by atoms with Gasteiger partial charge in [-0.2, -0.15) is 0 Å². The van der Waals surface area contributed by atoms with E-state index in [0.29, 0.717) is 0 Å². The molecule has 2 heterocycles. The van der Waals surface area contributed by atoms with Crippen LogP contribution in [0.15, 0.2) is 23.4 Å². The number of pyridine rings is 1. The van der Waals surface area contributed by atoms with Crippen LogP contribution >= 0.6 is 11.8 Å². The van der Waals surface area contributed by atoms with Gasteiger partial charge in [0.25, 0.3) is 0 Å². The quantitative estimate of drug-likeness (QED) is 0.561. The van der Waals surface area contributed by atoms with Gasteiger partial charge >= 0.3 is 0 Å². The first-order valence-corrected chi connectivity index (χ1v) is 4.14. The number of rotatable bonds is 0. The molecule has 0 unspecified atom stereocenters. The molecule has 0 spiro atoms. The number of fused-ring (bicyclic) bond motifs is 1. The summed E-state index contributed by atoms with van der Waals surface area (Å²) in [7, 11) is 2.08. The van der Waals surface area contributed by atoms with E-state index in [-0.39, 0.29) is 0 Å². The molecule has 52 valence electrons. The predicted molar refractivity (Wildman–Crippen MR) is 43.4 cm³/mol. The van der Waals surface area contributed by atoms with E-state index in [9.17, 15) is 0 Å². The van der Waals surface area contributed by atoms with E-state index in [4.69, 9.17) is 0 Å². The Morgan fingerprint density at radius 2 is 2.60 bits per heavy atom. The zero-order valence-corrected chi connectivity index (χ0v) is 6.56. The van der Waals surface area contributed by atoms with Crippen LogP contribution in [-0.4, -0.2) is 17.9 Å². The molecule has 3 heteroatoms. The van der Waals surface area contributed by atoms with Crippen molar-refractivity contribution in [2.75, 3.05) is 17.8 Å². The van der Waals surface area contributed by atoms with Crippen LogP contribution in [-0.2, 0) is 0 Å². The average molecular weight is 152 g/mol. The third-order valence-electron chi connectivity index (χ3n) is 1.59. The zero-order valence-electron chi connectivity index (χ0n) is 5.74. The summed E-state index contributed by atoms with van der Waals surface area (Å²) < 4.78 is 0. The van der Waals surface area contributed by atoms with Crippen molar-refractivity contribution in [1.29, 1.82) is 0 Å². The van der Waals surface area contributed by atoms with Crippen LogP contribution in [0.3, 0.4) is 0 Å². The molecule has 2 nitrogen and oxygen atoms in total. The van der Waals surface area contributed by atoms with Crippen LogP contribution in [0.2, 0.25) is 0 Å². The maximum Gasteiger partial charge on any atom is 0.0695 e. The molecular weight excluding hydrogens is 144 g/mol. The van der Waals surface area contributed by atoms with Gasteiger partial charge in [0.1, 0.15) is 0 Å². The van der Waals surface area contributed by atoms with Crippen molar-refractivity contribution in [2.24, 2.45) is 0 Å². The maximum atomic E-state index is 4.05. The fourth-order valence-electron chi connectivity index (χ4n) is 1.02. The first-order valence-electron chi connectivity index (χ1n) is 3.16. The second-order valence-corrected chi connectivity index (χ2v) is 3.30. The Labute approximate surface area is 64.3 Å². The molecule has 0 radical (unpaired) electrons. The Hall–Kier alpha value is -0.700. The third kappa shape index (κ3) is 0.778. The summed E-state index contributed by atoms with van der Waals surface area (Å²) in [6.45, 7) is 0. The minimum atomic E-state index is 1.06. The van der Waals surface area contributed by atoms with Gasteiger partial charge in [0.15, 0.2) is 0 Å². The molecule has 0 bridgehead atoms. The van der Waals surface area contributed by atoms with Gasteiger partial charge in [-0.1, -0.05) is 0 Å². The van der Waals surface area contributed by atoms with Crippen LogP contribution in [0.4, 0.5) is 5.69 Å². The summed E-state index contributed by atoms with van der Waals surface area (Å²) >= 11 is 1.86. The molecule has 0 atom stereocenters. The molecule has 0 saturated heterocycles. The number of aromatic nitrogens is 1. The minimum absolute atomic E-state index is 1.06. The van der Waals surface area contributed by atoms with Gasteiger partial charge in [-0.25, -0.2) is 0 Å². The molecule has 10 heavy (non-hydrogen) atoms. The first-order chi connectivity index (χ1) is 4.88. The first kappa shape index (κ1) is 6.04. The molecule has 0 saturated carbocycles. The summed E-state index contributed by atoms with van der Waals surface area (Å²) in [6.07, 6.45) is 3.75. The molecule has 0 N–H and O–H groups in total. The number of hydrogen-bond donors (Lipinski definition) is 0. The molecule has 0 amide bonds. The Morgan fingerprint density at radius 1 is 1.70 bits per heavy atom. The number of thioether (sulfide) groups is 1. The highest BCUT2D eigenvalue weighted by Gasteiger charge is 2.14. The fourth-order valence-corrected chi connectivity index (χ4v) is 2.00. The number of anilines is 1. The Balaban J connectivity index is 2.51. The summed E-state index contributed by atoms with van der Waals surface area (Å²) in [5.74, 6) is 1.06. The Bertz CT molecular complexity index is 249. The summed E-state index contributed by atoms with van der Waals surface area (Å²) in [5, 5.41) is 0. The Kier molecular flexibility index (Phi) is 1.31. The normalized spacial score (nSPS) is 15.5. The highest BCUT2D eigenvalue weighted by Crippen LogP contribution is 2.35. The summed E-state index contributed by atoms with van der Waals surface area (Å²) in [5.41, 5.74) is 1.26. The van der Waals surface area contributed by atoms with Gasteiger partial charge < -0.3 is 4.90 Å². The molecule has 1 aliphatic rings. The standard InChI is InChI=1S/C7H8N2S/c1-9-5-10-7-2-3-8-4-6(7)9/h2-4H,5H2,1H3. The van der Waals surface area contributed by atoms with Crippen LogP contribution in [0.1, 0.15) is 0 Å². The topological polar surface area (TPSA) is 16.1 Å². The van der Waals surface area contributed by atoms with Gasteiger partial charge in [-0.05, 0) is 6.07 Å². The van der Waals surface area contributed by atoms with Crippen LogP contribution < -0.4 is 4.90 Å². The highest BCUT2D eigenvalue weighted by molar-refractivity contribution is 7.99. The molecule has 1 aromatic rings. The third-order valence-corrected chi connectivity index (χ3v) is 2.76. The van der Waals surface area contributed by atoms with E-state index in [1.54, 1.807) is 0 Å². The van der Waals surface area contributed by atoms with Crippen molar-refractivity contribution in [3.63, 3.8) is 0 Å². The summed E-state index contributed by atoms with van der Waals surface area (Å²) in [4.78, 5) is 7.60. The Morgan fingerprint density at radius 3 is 3.40 bits per heavy atom. The lowest BCUT2D eigenvalue weighted by molar-refractivity contribution is 1.08. The van der Waals surface area contributed by atoms with Crippen LogP contribution in [0, 0.1) is 0 Å². The van der Waals surface area contributed by atoms with Crippen molar-refractivity contribution in [3.8, 4) is 0 Å². The van der Waals surface area contributed by atoms with Crippen molar-refractivity contribution in [3.05, 3.63) is 18.5 Å². The molecule has 1 aliphatic heterocycles. The van der Waals surface area contributed by atoms with E-state index in [0.717, 1.165) is 5.88 Å². The largest absolute Gasteiger partial charge is 0.363 e. The lowest BCUT2D eigenvalue weighted by Gasteiger charge is -2.08. The van der Waals surface area contributed by atoms with E-state index < -0.39 is 0 Å². The van der Waals surface area contributed by atoms with E-state index in [2.05, 4.69) is 23.0 Å². The molecule has 0 fully saturated rings. The SMILES string of the molecule is CN1CSc2ccncc21. The predicted octanol–water partition coefficient (Wildman–Crippen LogP) is 1.58. The molecular formula is C7H8N2S. The number of nitrogens with zero attached hydrogens (tertiary/aromatic N) is 2. The minimum Gasteiger partial charge on any atom is -0.363 e. The van der Waals surface area contributed by atoms with Crippen LogP contribution in [0.5, 0.6) is 0 Å². The van der Waals surface area contributed by atoms with Crippen molar-refractivity contribution >= 4 is 17.4 Å². The lowest BCUT2D eigenvalue weighted by atomic mass is 10.4. The van der Waals surface area contributed by atoms with Gasteiger partial charge in [0.2, 0.25) is 0 Å². The van der Waals surface area contributed by atoms with Crippen LogP contribution in [0.25, 0.3) is 0 Å². The van der Waals surface area contributed by atoms with Gasteiger partial charge in [0, 0.05) is 18.1 Å². The second-order valence-electron chi connectivity index (χ2n) is 2.31. The maximum absolute atomic E-state index is 4.05. The fraction of sp³-hybridized carbons (Fsp3) is 0.286. The van der Waals surface area contributed by atoms with Crippen molar-refractivity contribution in [1.82, 2.24) is 4.98 Å². The van der Waals surface area contributed by atoms with E-state index >= 15 is 0 Å². The highest BCUT2D eigenvalue weighted by atomic mass is 32.2. The van der Waals surface area contributed by atoms with Gasteiger partial charge in [0.05, 0.1) is 17.8 Å². The summed E-state index contributed by atoms with van der Waals surface area (Å²) in [6, 6.07) is 2.06. The van der Waals surface area contributed by atoms with Crippen molar-refractivity contribution in [2.45, 2.75) is 4.90 Å². The van der Waals surface area contributed by atoms with Crippen molar-refractivity contribution < 1.29 is 0 Å². The lowest BCUT2D eigenvalue weighted by Crippen LogP contribution is -2.10. The molecule has 0 aliphatic carbocycles. The molecule has 0 aromatic carbocycles. The van der Waals surface area contributed by atoms with E-state index in [1.165, 1.54) is 10.6 Å². The molecule has 2 rings (SSSR count). The van der Waals surface area contributed by atoms with Gasteiger partial charge in [-0.3, -0.25) is 4.98 Å². The monoisotopic (exact) mass is 152 g/mol. The second kappa shape index (κ2) is 2.16. The van der Waals surface area contributed by atoms with E-state index in [1.807, 2.05) is 24.2 Å². The number of hydrogen-bond acceptors (Lipinski definition) is 3. The average Bonchev–Trinajstić information content (AvgIpc) is 2.34. The van der Waals surface area contributed by atoms with Gasteiger partial charge in [-0.15, -0.1) is 11.8 Å². The smallest absolute Gasteiger partial charge is 0.0695 e. The zero-order chi connectivity index (χ0) is 6.97. The molecule has 1 aromatic heterocycles.